The molecule has 12 heteroatoms. The van der Waals surface area contributed by atoms with Crippen LogP contribution in [0, 0.1) is 0 Å². The van der Waals surface area contributed by atoms with Gasteiger partial charge >= 0.3 is 0 Å². The van der Waals surface area contributed by atoms with Crippen LogP contribution in [-0.2, 0) is 20.0 Å². The maximum atomic E-state index is 13.3. The average molecular weight is 735 g/mol. The summed E-state index contributed by atoms with van der Waals surface area (Å²) < 4.78 is 69.8. The molecule has 0 spiro atoms. The van der Waals surface area contributed by atoms with E-state index in [1.807, 2.05) is 12.1 Å². The van der Waals surface area contributed by atoms with E-state index in [0.29, 0.717) is 33.8 Å². The van der Waals surface area contributed by atoms with Crippen LogP contribution in [-0.4, -0.2) is 54.7 Å². The second-order valence-electron chi connectivity index (χ2n) is 11.5. The van der Waals surface area contributed by atoms with Crippen LogP contribution in [0.5, 0.6) is 11.5 Å². The normalized spacial score (nSPS) is 11.6. The third-order valence-electron chi connectivity index (χ3n) is 8.05. The van der Waals surface area contributed by atoms with Crippen LogP contribution in [0.1, 0.15) is 31.8 Å². The fraction of sp³-hybridized carbons (Fsp3) is 0.100. The van der Waals surface area contributed by atoms with Gasteiger partial charge in [-0.1, -0.05) is 84.9 Å². The molecule has 10 nitrogen and oxygen atoms in total. The van der Waals surface area contributed by atoms with E-state index in [1.54, 1.807) is 109 Å². The molecule has 0 heterocycles. The zero-order valence-corrected chi connectivity index (χ0v) is 29.4. The molecule has 0 aromatic heterocycles. The molecule has 0 aliphatic carbocycles. The summed E-state index contributed by atoms with van der Waals surface area (Å²) >= 11 is 0. The molecule has 264 valence electrons. The minimum absolute atomic E-state index is 0.0115. The summed E-state index contributed by atoms with van der Waals surface area (Å²) in [4.78, 5) is 25.1. The van der Waals surface area contributed by atoms with Gasteiger partial charge in [-0.15, -0.1) is 0 Å². The predicted molar refractivity (Wildman–Crippen MR) is 198 cm³/mol. The number of carbonyl (C=O) groups is 2. The lowest BCUT2D eigenvalue weighted by atomic mass is 10.0. The molecule has 0 amide bonds. The van der Waals surface area contributed by atoms with Gasteiger partial charge in [0, 0.05) is 46.1 Å². The first-order chi connectivity index (χ1) is 25.1. The highest BCUT2D eigenvalue weighted by Crippen LogP contribution is 2.28. The zero-order valence-electron chi connectivity index (χ0n) is 27.8. The lowest BCUT2D eigenvalue weighted by Crippen LogP contribution is -2.29. The van der Waals surface area contributed by atoms with Gasteiger partial charge in [0.05, 0.1) is 9.79 Å². The molecular formula is C40H34N2O8S2. The standard InChI is InChI=1S/C40H34N2O8S2/c43-39(29-9-3-1-4-10-29)31-17-21-33(22-18-31)49-27-25-41-51(45,46)37-15-7-14-36-35(37)13-8-16-38(36)52(47,48)42-26-28-50-34-23-19-32(20-24-34)40(44)30-11-5-2-6-12-30/h1-24,41-42H,25-28H2. The molecule has 52 heavy (non-hydrogen) atoms. The van der Waals surface area contributed by atoms with Gasteiger partial charge in [-0.05, 0) is 60.7 Å². The van der Waals surface area contributed by atoms with Crippen LogP contribution in [0.2, 0.25) is 0 Å². The van der Waals surface area contributed by atoms with E-state index in [-0.39, 0.29) is 58.4 Å². The third-order valence-corrected chi connectivity index (χ3v) is 11.1. The molecule has 6 aromatic carbocycles. The largest absolute Gasteiger partial charge is 0.492 e. The third kappa shape index (κ3) is 8.61. The first kappa shape index (κ1) is 36.1. The number of ketones is 2. The van der Waals surface area contributed by atoms with E-state index in [2.05, 4.69) is 9.44 Å². The quantitative estimate of drug-likeness (QED) is 0.0908. The number of nitrogens with one attached hydrogen (secondary N) is 2. The van der Waals surface area contributed by atoms with Crippen LogP contribution in [0.4, 0.5) is 0 Å². The van der Waals surface area contributed by atoms with E-state index in [9.17, 15) is 26.4 Å². The number of hydrogen-bond donors (Lipinski definition) is 2. The van der Waals surface area contributed by atoms with Crippen LogP contribution < -0.4 is 18.9 Å². The minimum Gasteiger partial charge on any atom is -0.492 e. The minimum atomic E-state index is -4.06. The first-order valence-electron chi connectivity index (χ1n) is 16.3. The Bertz CT molecular complexity index is 2230. The average Bonchev–Trinajstić information content (AvgIpc) is 3.18. The summed E-state index contributed by atoms with van der Waals surface area (Å²) in [6.45, 7) is -0.0981. The Hall–Kier alpha value is -5.66. The highest BCUT2D eigenvalue weighted by molar-refractivity contribution is 7.90. The van der Waals surface area contributed by atoms with Crippen LogP contribution in [0.15, 0.2) is 155 Å². The maximum absolute atomic E-state index is 13.3. The molecule has 0 aliphatic rings. The number of rotatable bonds is 16. The van der Waals surface area contributed by atoms with Gasteiger partial charge in [0.15, 0.2) is 11.6 Å². The number of hydrogen-bond acceptors (Lipinski definition) is 8. The number of fused-ring (bicyclic) bond motifs is 1. The summed E-state index contributed by atoms with van der Waals surface area (Å²) in [6, 6.07) is 39.9. The van der Waals surface area contributed by atoms with Crippen LogP contribution in [0.3, 0.4) is 0 Å². The summed E-state index contributed by atoms with van der Waals surface area (Å²) in [5, 5.41) is 0.470. The van der Waals surface area contributed by atoms with Gasteiger partial charge in [0.2, 0.25) is 20.0 Å². The summed E-state index contributed by atoms with van der Waals surface area (Å²) in [6.07, 6.45) is 0. The molecule has 6 rings (SSSR count). The second kappa shape index (κ2) is 16.1. The lowest BCUT2D eigenvalue weighted by Gasteiger charge is -2.14. The topological polar surface area (TPSA) is 145 Å². The monoisotopic (exact) mass is 734 g/mol. The molecule has 0 bridgehead atoms. The summed E-state index contributed by atoms with van der Waals surface area (Å²) in [5.41, 5.74) is 2.15. The van der Waals surface area contributed by atoms with E-state index in [4.69, 9.17) is 9.47 Å². The molecule has 6 aromatic rings. The Morgan fingerprint density at radius 3 is 1.13 bits per heavy atom. The van der Waals surface area contributed by atoms with Crippen molar-refractivity contribution in [1.82, 2.24) is 9.44 Å². The molecule has 2 N–H and O–H groups in total. The van der Waals surface area contributed by atoms with Crippen molar-refractivity contribution in [2.75, 3.05) is 26.3 Å². The van der Waals surface area contributed by atoms with E-state index in [1.165, 1.54) is 24.3 Å². The van der Waals surface area contributed by atoms with Crippen molar-refractivity contribution in [3.05, 3.63) is 168 Å². The SMILES string of the molecule is O=C(c1ccccc1)c1ccc(OCCNS(=O)(=O)c2cccc3c(S(=O)(=O)NCCOc4ccc(C(=O)c5ccccc5)cc4)cccc23)cc1. The highest BCUT2D eigenvalue weighted by Gasteiger charge is 2.22. The highest BCUT2D eigenvalue weighted by atomic mass is 32.2. The van der Waals surface area contributed by atoms with Crippen molar-refractivity contribution >= 4 is 42.4 Å². The number of carbonyl (C=O) groups excluding carboxylic acids is 2. The number of ether oxygens (including phenoxy) is 2. The molecule has 0 unspecified atom stereocenters. The molecular weight excluding hydrogens is 701 g/mol. The van der Waals surface area contributed by atoms with Gasteiger partial charge in [-0.25, -0.2) is 26.3 Å². The van der Waals surface area contributed by atoms with Crippen LogP contribution >= 0.6 is 0 Å². The molecule has 0 aliphatic heterocycles. The van der Waals surface area contributed by atoms with E-state index in [0.717, 1.165) is 0 Å². The van der Waals surface area contributed by atoms with E-state index < -0.39 is 20.0 Å². The Morgan fingerprint density at radius 1 is 0.423 bits per heavy atom. The Morgan fingerprint density at radius 2 is 0.769 bits per heavy atom. The van der Waals surface area contributed by atoms with Crippen molar-refractivity contribution in [3.63, 3.8) is 0 Å². The fourth-order valence-electron chi connectivity index (χ4n) is 5.48. The Balaban J connectivity index is 1.03. The van der Waals surface area contributed by atoms with Gasteiger partial charge in [0.25, 0.3) is 0 Å². The summed E-state index contributed by atoms with van der Waals surface area (Å²) in [7, 11) is -8.12. The molecule has 0 radical (unpaired) electrons. The van der Waals surface area contributed by atoms with Crippen molar-refractivity contribution in [1.29, 1.82) is 0 Å². The molecule has 0 saturated heterocycles. The number of sulfonamides is 2. The first-order valence-corrected chi connectivity index (χ1v) is 19.3. The van der Waals surface area contributed by atoms with Crippen molar-refractivity contribution in [3.8, 4) is 11.5 Å². The van der Waals surface area contributed by atoms with Gasteiger partial charge < -0.3 is 9.47 Å². The van der Waals surface area contributed by atoms with Crippen molar-refractivity contribution < 1.29 is 35.9 Å². The second-order valence-corrected chi connectivity index (χ2v) is 15.0. The van der Waals surface area contributed by atoms with Gasteiger partial charge in [-0.2, -0.15) is 0 Å². The Kier molecular flexibility index (Phi) is 11.2. The summed E-state index contributed by atoms with van der Waals surface area (Å²) in [5.74, 6) is 0.699. The number of benzene rings is 6. The smallest absolute Gasteiger partial charge is 0.241 e. The predicted octanol–water partition coefficient (Wildman–Crippen LogP) is 6.02. The van der Waals surface area contributed by atoms with Crippen molar-refractivity contribution in [2.45, 2.75) is 9.79 Å². The zero-order chi connectivity index (χ0) is 36.6. The molecule has 0 fully saturated rings. The Labute approximate surface area is 302 Å². The lowest BCUT2D eigenvalue weighted by molar-refractivity contribution is 0.103. The molecule has 0 saturated carbocycles. The van der Waals surface area contributed by atoms with Crippen molar-refractivity contribution in [2.24, 2.45) is 0 Å². The van der Waals surface area contributed by atoms with Crippen LogP contribution in [0.25, 0.3) is 10.8 Å². The van der Waals surface area contributed by atoms with Gasteiger partial charge in [-0.3, -0.25) is 9.59 Å². The van der Waals surface area contributed by atoms with Gasteiger partial charge in [0.1, 0.15) is 24.7 Å². The fourth-order valence-corrected chi connectivity index (χ4v) is 7.95. The van der Waals surface area contributed by atoms with E-state index >= 15 is 0 Å². The molecule has 0 atom stereocenters. The maximum Gasteiger partial charge on any atom is 0.241 e.